The number of H-pyrrole nitrogens is 1. The highest BCUT2D eigenvalue weighted by molar-refractivity contribution is 9.10. The van der Waals surface area contributed by atoms with E-state index < -0.39 is 0 Å². The third-order valence-corrected chi connectivity index (χ3v) is 2.93. The summed E-state index contributed by atoms with van der Waals surface area (Å²) in [5.74, 6) is -0.281. The van der Waals surface area contributed by atoms with Crippen LogP contribution < -0.4 is 5.73 Å². The van der Waals surface area contributed by atoms with Gasteiger partial charge in [0.2, 0.25) is 0 Å². The van der Waals surface area contributed by atoms with E-state index in [-0.39, 0.29) is 5.82 Å². The Morgan fingerprint density at radius 3 is 2.87 bits per heavy atom. The molecule has 3 N–H and O–H groups in total. The Bertz CT molecular complexity index is 481. The molecule has 0 amide bonds. The minimum Gasteiger partial charge on any atom is -0.325 e. The number of hydrogen-bond donors (Lipinski definition) is 2. The van der Waals surface area contributed by atoms with Crippen molar-refractivity contribution in [3.05, 3.63) is 40.2 Å². The van der Waals surface area contributed by atoms with E-state index in [0.29, 0.717) is 12.2 Å². The van der Waals surface area contributed by atoms with Crippen LogP contribution in [0.2, 0.25) is 0 Å². The summed E-state index contributed by atoms with van der Waals surface area (Å²) in [6.45, 7) is 0.364. The van der Waals surface area contributed by atoms with Crippen LogP contribution in [0.25, 0.3) is 11.3 Å². The quantitative estimate of drug-likeness (QED) is 0.880. The number of hydrogen-bond acceptors (Lipinski definition) is 2. The number of nitrogens with zero attached hydrogens (tertiary/aromatic N) is 1. The van der Waals surface area contributed by atoms with Gasteiger partial charge in [-0.3, -0.25) is 5.10 Å². The first-order valence-corrected chi connectivity index (χ1v) is 5.20. The molecular weight excluding hydrogens is 261 g/mol. The maximum atomic E-state index is 13.0. The maximum absolute atomic E-state index is 13.0. The molecule has 0 aliphatic heterocycles. The molecule has 0 atom stereocenters. The number of halogens is 2. The van der Waals surface area contributed by atoms with Gasteiger partial charge in [-0.2, -0.15) is 5.10 Å². The highest BCUT2D eigenvalue weighted by Crippen LogP contribution is 2.28. The molecular formula is C10H9BrFN3. The summed E-state index contributed by atoms with van der Waals surface area (Å²) in [4.78, 5) is 0. The van der Waals surface area contributed by atoms with Crippen molar-refractivity contribution >= 4 is 15.9 Å². The van der Waals surface area contributed by atoms with Crippen molar-refractivity contribution in [2.75, 3.05) is 0 Å². The monoisotopic (exact) mass is 269 g/mol. The Labute approximate surface area is 94.6 Å². The first-order chi connectivity index (χ1) is 7.22. The molecule has 3 nitrogen and oxygen atoms in total. The molecule has 1 aromatic heterocycles. The van der Waals surface area contributed by atoms with Crippen LogP contribution in [0.4, 0.5) is 4.39 Å². The molecule has 0 bridgehead atoms. The predicted octanol–water partition coefficient (Wildman–Crippen LogP) is 2.44. The van der Waals surface area contributed by atoms with Crippen molar-refractivity contribution in [3.8, 4) is 11.3 Å². The van der Waals surface area contributed by atoms with E-state index in [0.717, 1.165) is 15.7 Å². The lowest BCUT2D eigenvalue weighted by Crippen LogP contribution is -1.96. The lowest BCUT2D eigenvalue weighted by molar-refractivity contribution is 0.628. The molecule has 2 aromatic rings. The van der Waals surface area contributed by atoms with Crippen LogP contribution in [0.3, 0.4) is 0 Å². The summed E-state index contributed by atoms with van der Waals surface area (Å²) >= 11 is 3.38. The molecule has 78 valence electrons. The van der Waals surface area contributed by atoms with Crippen molar-refractivity contribution in [2.24, 2.45) is 5.73 Å². The second-order valence-electron chi connectivity index (χ2n) is 3.08. The van der Waals surface area contributed by atoms with Gasteiger partial charge in [0.05, 0.1) is 10.2 Å². The number of rotatable bonds is 2. The maximum Gasteiger partial charge on any atom is 0.123 e. The third-order valence-electron chi connectivity index (χ3n) is 2.08. The number of nitrogens with one attached hydrogen (secondary N) is 1. The number of aromatic nitrogens is 2. The van der Waals surface area contributed by atoms with Gasteiger partial charge in [-0.05, 0) is 28.1 Å². The normalized spacial score (nSPS) is 10.6. The molecule has 5 heteroatoms. The highest BCUT2D eigenvalue weighted by atomic mass is 79.9. The van der Waals surface area contributed by atoms with E-state index >= 15 is 0 Å². The molecule has 1 heterocycles. The average Bonchev–Trinajstić information content (AvgIpc) is 2.59. The van der Waals surface area contributed by atoms with Crippen molar-refractivity contribution in [1.82, 2.24) is 10.2 Å². The molecule has 0 unspecified atom stereocenters. The molecule has 0 saturated heterocycles. The fourth-order valence-corrected chi connectivity index (χ4v) is 1.89. The second kappa shape index (κ2) is 4.12. The molecule has 0 aliphatic carbocycles. The molecule has 0 saturated carbocycles. The average molecular weight is 270 g/mol. The van der Waals surface area contributed by atoms with Crippen molar-refractivity contribution in [2.45, 2.75) is 6.54 Å². The van der Waals surface area contributed by atoms with Crippen molar-refractivity contribution < 1.29 is 4.39 Å². The topological polar surface area (TPSA) is 54.7 Å². The molecule has 0 aliphatic rings. The van der Waals surface area contributed by atoms with Gasteiger partial charge in [0.1, 0.15) is 11.5 Å². The molecule has 2 rings (SSSR count). The van der Waals surface area contributed by atoms with E-state index in [4.69, 9.17) is 5.73 Å². The van der Waals surface area contributed by atoms with E-state index in [1.165, 1.54) is 12.1 Å². The Morgan fingerprint density at radius 1 is 1.47 bits per heavy atom. The van der Waals surface area contributed by atoms with Crippen LogP contribution in [0.15, 0.2) is 28.7 Å². The molecule has 0 radical (unpaired) electrons. The van der Waals surface area contributed by atoms with Crippen LogP contribution in [-0.2, 0) is 6.54 Å². The Morgan fingerprint density at radius 2 is 2.27 bits per heavy atom. The van der Waals surface area contributed by atoms with Crippen LogP contribution in [0, 0.1) is 5.82 Å². The largest absolute Gasteiger partial charge is 0.325 e. The molecule has 15 heavy (non-hydrogen) atoms. The SMILES string of the molecule is NCc1[nH]nc(-c2cccc(F)c2)c1Br. The van der Waals surface area contributed by atoms with Crippen LogP contribution >= 0.6 is 15.9 Å². The van der Waals surface area contributed by atoms with E-state index in [9.17, 15) is 4.39 Å². The van der Waals surface area contributed by atoms with Crippen molar-refractivity contribution in [3.63, 3.8) is 0 Å². The van der Waals surface area contributed by atoms with Crippen LogP contribution in [0.5, 0.6) is 0 Å². The summed E-state index contributed by atoms with van der Waals surface area (Å²) in [6.07, 6.45) is 0. The fourth-order valence-electron chi connectivity index (χ4n) is 1.33. The van der Waals surface area contributed by atoms with Gasteiger partial charge in [-0.25, -0.2) is 4.39 Å². The highest BCUT2D eigenvalue weighted by Gasteiger charge is 2.11. The summed E-state index contributed by atoms with van der Waals surface area (Å²) in [6, 6.07) is 6.27. The Hall–Kier alpha value is -1.20. The second-order valence-corrected chi connectivity index (χ2v) is 3.87. The van der Waals surface area contributed by atoms with Crippen LogP contribution in [0.1, 0.15) is 5.69 Å². The van der Waals surface area contributed by atoms with Gasteiger partial charge in [0.25, 0.3) is 0 Å². The van der Waals surface area contributed by atoms with Gasteiger partial charge in [0, 0.05) is 12.1 Å². The molecule has 1 aromatic carbocycles. The Kier molecular flexibility index (Phi) is 2.83. The molecule has 0 spiro atoms. The van der Waals surface area contributed by atoms with Gasteiger partial charge < -0.3 is 5.73 Å². The summed E-state index contributed by atoms with van der Waals surface area (Å²) in [5, 5.41) is 6.88. The van der Waals surface area contributed by atoms with Crippen LogP contribution in [-0.4, -0.2) is 10.2 Å². The molecule has 0 fully saturated rings. The number of nitrogens with two attached hydrogens (primary N) is 1. The Balaban J connectivity index is 2.49. The zero-order valence-electron chi connectivity index (χ0n) is 7.80. The zero-order valence-corrected chi connectivity index (χ0v) is 9.38. The van der Waals surface area contributed by atoms with Gasteiger partial charge in [-0.15, -0.1) is 0 Å². The minimum absolute atomic E-state index is 0.281. The van der Waals surface area contributed by atoms with Gasteiger partial charge in [-0.1, -0.05) is 12.1 Å². The number of aromatic amines is 1. The lowest BCUT2D eigenvalue weighted by atomic mass is 10.1. The summed E-state index contributed by atoms with van der Waals surface area (Å²) in [7, 11) is 0. The zero-order chi connectivity index (χ0) is 10.8. The smallest absolute Gasteiger partial charge is 0.123 e. The first kappa shape index (κ1) is 10.3. The lowest BCUT2D eigenvalue weighted by Gasteiger charge is -1.97. The van der Waals surface area contributed by atoms with Crippen molar-refractivity contribution in [1.29, 1.82) is 0 Å². The first-order valence-electron chi connectivity index (χ1n) is 4.41. The van der Waals surface area contributed by atoms with Gasteiger partial charge in [0.15, 0.2) is 0 Å². The standard InChI is InChI=1S/C10H9BrFN3/c11-9-8(5-13)14-15-10(9)6-2-1-3-7(12)4-6/h1-4H,5,13H2,(H,14,15). The summed E-state index contributed by atoms with van der Waals surface area (Å²) < 4.78 is 13.8. The number of benzene rings is 1. The third kappa shape index (κ3) is 1.93. The van der Waals surface area contributed by atoms with E-state index in [1.807, 2.05) is 0 Å². The predicted molar refractivity (Wildman–Crippen MR) is 59.6 cm³/mol. The minimum atomic E-state index is -0.281. The summed E-state index contributed by atoms with van der Waals surface area (Å²) in [5.41, 5.74) is 7.69. The van der Waals surface area contributed by atoms with E-state index in [1.54, 1.807) is 12.1 Å². The fraction of sp³-hybridized carbons (Fsp3) is 0.100. The van der Waals surface area contributed by atoms with Gasteiger partial charge >= 0.3 is 0 Å². The van der Waals surface area contributed by atoms with E-state index in [2.05, 4.69) is 26.1 Å².